The van der Waals surface area contributed by atoms with Crippen molar-refractivity contribution < 1.29 is 5.11 Å². The summed E-state index contributed by atoms with van der Waals surface area (Å²) in [6.45, 7) is 11.7. The molecule has 2 rings (SSSR count). The molecule has 1 aliphatic rings. The van der Waals surface area contributed by atoms with Crippen LogP contribution in [0.25, 0.3) is 0 Å². The fraction of sp³-hybridized carbons (Fsp3) is 0.600. The molecule has 0 radical (unpaired) electrons. The number of phenolic OH excluding ortho intramolecular Hbond substituents is 1. The summed E-state index contributed by atoms with van der Waals surface area (Å²) in [5, 5.41) is 13.3. The number of hydrogen-bond acceptors (Lipinski definition) is 3. The molecule has 0 atom stereocenters. The van der Waals surface area contributed by atoms with Gasteiger partial charge in [0.2, 0.25) is 0 Å². The van der Waals surface area contributed by atoms with Gasteiger partial charge in [0.25, 0.3) is 0 Å². The summed E-state index contributed by atoms with van der Waals surface area (Å²) < 4.78 is 0. The molecule has 0 spiro atoms. The summed E-state index contributed by atoms with van der Waals surface area (Å²) in [5.74, 6) is 0.805. The third-order valence-corrected chi connectivity index (χ3v) is 3.71. The molecule has 0 amide bonds. The molecule has 1 saturated heterocycles. The topological polar surface area (TPSA) is 35.5 Å². The van der Waals surface area contributed by atoms with Crippen molar-refractivity contribution in [3.8, 4) is 5.75 Å². The maximum atomic E-state index is 9.97. The molecule has 2 N–H and O–H groups in total. The number of aromatic hydroxyl groups is 1. The minimum absolute atomic E-state index is 0.368. The van der Waals surface area contributed by atoms with Gasteiger partial charge in [-0.25, -0.2) is 0 Å². The highest BCUT2D eigenvalue weighted by Gasteiger charge is 2.14. The molecule has 0 aliphatic carbocycles. The van der Waals surface area contributed by atoms with Crippen molar-refractivity contribution >= 4 is 0 Å². The van der Waals surface area contributed by atoms with Gasteiger partial charge in [0.05, 0.1) is 0 Å². The fourth-order valence-electron chi connectivity index (χ4n) is 2.50. The van der Waals surface area contributed by atoms with Crippen LogP contribution in [-0.4, -0.2) is 36.2 Å². The van der Waals surface area contributed by atoms with Crippen LogP contribution in [0.15, 0.2) is 12.1 Å². The van der Waals surface area contributed by atoms with E-state index in [0.29, 0.717) is 11.7 Å². The summed E-state index contributed by atoms with van der Waals surface area (Å²) in [7, 11) is 0. The van der Waals surface area contributed by atoms with E-state index >= 15 is 0 Å². The van der Waals surface area contributed by atoms with Gasteiger partial charge in [-0.1, -0.05) is 19.9 Å². The molecule has 18 heavy (non-hydrogen) atoms. The van der Waals surface area contributed by atoms with Crippen molar-refractivity contribution in [3.63, 3.8) is 0 Å². The number of rotatable bonds is 3. The predicted octanol–water partition coefficient (Wildman–Crippen LogP) is 2.23. The Morgan fingerprint density at radius 1 is 1.28 bits per heavy atom. The Balaban J connectivity index is 2.18. The lowest BCUT2D eigenvalue weighted by Gasteiger charge is -2.28. The van der Waals surface area contributed by atoms with E-state index in [1.165, 1.54) is 11.1 Å². The first kappa shape index (κ1) is 13.4. The van der Waals surface area contributed by atoms with E-state index in [-0.39, 0.29) is 0 Å². The van der Waals surface area contributed by atoms with Crippen LogP contribution < -0.4 is 5.32 Å². The molecule has 3 heteroatoms. The van der Waals surface area contributed by atoms with Crippen LogP contribution in [0.5, 0.6) is 5.75 Å². The quantitative estimate of drug-likeness (QED) is 0.861. The molecule has 1 aliphatic heterocycles. The lowest BCUT2D eigenvalue weighted by atomic mass is 9.96. The van der Waals surface area contributed by atoms with Crippen molar-refractivity contribution in [1.82, 2.24) is 10.2 Å². The molecule has 1 fully saturated rings. The molecular weight excluding hydrogens is 224 g/mol. The predicted molar refractivity (Wildman–Crippen MR) is 75.1 cm³/mol. The van der Waals surface area contributed by atoms with Gasteiger partial charge in [-0.2, -0.15) is 0 Å². The Kier molecular flexibility index (Phi) is 4.25. The van der Waals surface area contributed by atoms with Gasteiger partial charge in [-0.15, -0.1) is 0 Å². The zero-order valence-electron chi connectivity index (χ0n) is 11.7. The van der Waals surface area contributed by atoms with Crippen LogP contribution in [0.2, 0.25) is 0 Å². The van der Waals surface area contributed by atoms with Crippen molar-refractivity contribution in [3.05, 3.63) is 28.8 Å². The second-order valence-corrected chi connectivity index (χ2v) is 5.52. The van der Waals surface area contributed by atoms with Crippen LogP contribution in [0, 0.1) is 6.92 Å². The van der Waals surface area contributed by atoms with Gasteiger partial charge < -0.3 is 10.4 Å². The first-order chi connectivity index (χ1) is 8.58. The van der Waals surface area contributed by atoms with Gasteiger partial charge in [0.1, 0.15) is 5.75 Å². The Morgan fingerprint density at radius 3 is 2.56 bits per heavy atom. The average Bonchev–Trinajstić information content (AvgIpc) is 2.33. The average molecular weight is 248 g/mol. The van der Waals surface area contributed by atoms with Crippen LogP contribution >= 0.6 is 0 Å². The first-order valence-electron chi connectivity index (χ1n) is 6.83. The van der Waals surface area contributed by atoms with Gasteiger partial charge in [-0.05, 0) is 35.6 Å². The Labute approximate surface area is 110 Å². The largest absolute Gasteiger partial charge is 0.508 e. The van der Waals surface area contributed by atoms with Crippen LogP contribution in [0.4, 0.5) is 0 Å². The highest BCUT2D eigenvalue weighted by atomic mass is 16.3. The van der Waals surface area contributed by atoms with Gasteiger partial charge in [0, 0.05) is 32.7 Å². The molecule has 1 heterocycles. The smallest absolute Gasteiger partial charge is 0.119 e. The first-order valence-corrected chi connectivity index (χ1v) is 6.83. The van der Waals surface area contributed by atoms with E-state index in [9.17, 15) is 5.11 Å². The molecule has 0 unspecified atom stereocenters. The molecule has 100 valence electrons. The van der Waals surface area contributed by atoms with Gasteiger partial charge in [-0.3, -0.25) is 4.90 Å². The van der Waals surface area contributed by atoms with E-state index in [2.05, 4.69) is 37.1 Å². The maximum absolute atomic E-state index is 9.97. The number of piperazine rings is 1. The zero-order chi connectivity index (χ0) is 13.1. The SMILES string of the molecule is Cc1cc(O)c(C(C)C)cc1CN1CCNCC1. The summed E-state index contributed by atoms with van der Waals surface area (Å²) in [4.78, 5) is 2.47. The number of benzene rings is 1. The van der Waals surface area contributed by atoms with E-state index < -0.39 is 0 Å². The molecule has 0 aromatic heterocycles. The van der Waals surface area contributed by atoms with Gasteiger partial charge in [0.15, 0.2) is 0 Å². The van der Waals surface area contributed by atoms with Gasteiger partial charge >= 0.3 is 0 Å². The molecule has 0 saturated carbocycles. The fourth-order valence-corrected chi connectivity index (χ4v) is 2.50. The van der Waals surface area contributed by atoms with E-state index in [0.717, 1.165) is 38.3 Å². The molecule has 1 aromatic carbocycles. The minimum Gasteiger partial charge on any atom is -0.508 e. The number of phenols is 1. The highest BCUT2D eigenvalue weighted by Crippen LogP contribution is 2.29. The number of nitrogens with zero attached hydrogens (tertiary/aromatic N) is 1. The van der Waals surface area contributed by atoms with Crippen molar-refractivity contribution in [1.29, 1.82) is 0 Å². The molecule has 0 bridgehead atoms. The van der Waals surface area contributed by atoms with Crippen LogP contribution in [-0.2, 0) is 6.54 Å². The van der Waals surface area contributed by atoms with Crippen LogP contribution in [0.3, 0.4) is 0 Å². The standard InChI is InChI=1S/C15H24N2O/c1-11(2)14-9-13(12(3)8-15(14)18)10-17-6-4-16-5-7-17/h8-9,11,16,18H,4-7,10H2,1-3H3. The summed E-state index contributed by atoms with van der Waals surface area (Å²) >= 11 is 0. The number of hydrogen-bond donors (Lipinski definition) is 2. The Morgan fingerprint density at radius 2 is 1.94 bits per heavy atom. The van der Waals surface area contributed by atoms with E-state index in [4.69, 9.17) is 0 Å². The molecule has 3 nitrogen and oxygen atoms in total. The summed E-state index contributed by atoms with van der Waals surface area (Å²) in [6, 6.07) is 4.09. The lowest BCUT2D eigenvalue weighted by Crippen LogP contribution is -2.43. The lowest BCUT2D eigenvalue weighted by molar-refractivity contribution is 0.232. The van der Waals surface area contributed by atoms with Crippen molar-refractivity contribution in [2.24, 2.45) is 0 Å². The normalized spacial score (nSPS) is 17.3. The van der Waals surface area contributed by atoms with E-state index in [1.807, 2.05) is 6.07 Å². The Bertz CT molecular complexity index is 409. The van der Waals surface area contributed by atoms with Crippen LogP contribution in [0.1, 0.15) is 36.5 Å². The maximum Gasteiger partial charge on any atom is 0.119 e. The van der Waals surface area contributed by atoms with E-state index in [1.54, 1.807) is 0 Å². The summed E-state index contributed by atoms with van der Waals surface area (Å²) in [6.07, 6.45) is 0. The number of nitrogens with one attached hydrogen (secondary N) is 1. The van der Waals surface area contributed by atoms with Crippen molar-refractivity contribution in [2.45, 2.75) is 33.2 Å². The molecule has 1 aromatic rings. The van der Waals surface area contributed by atoms with Crippen molar-refractivity contribution in [2.75, 3.05) is 26.2 Å². The Hall–Kier alpha value is -1.06. The highest BCUT2D eigenvalue weighted by molar-refractivity contribution is 5.43. The second-order valence-electron chi connectivity index (χ2n) is 5.52. The second kappa shape index (κ2) is 5.72. The minimum atomic E-state index is 0.368. The zero-order valence-corrected chi connectivity index (χ0v) is 11.7. The number of aryl methyl sites for hydroxylation is 1. The third-order valence-electron chi connectivity index (χ3n) is 3.71. The molecular formula is C15H24N2O. The monoisotopic (exact) mass is 248 g/mol. The summed E-state index contributed by atoms with van der Waals surface area (Å²) in [5.41, 5.74) is 3.60. The third kappa shape index (κ3) is 3.03.